The number of ether oxygens (including phenoxy) is 3. The lowest BCUT2D eigenvalue weighted by molar-refractivity contribution is -0.139. The van der Waals surface area contributed by atoms with E-state index in [0.717, 1.165) is 36.3 Å². The van der Waals surface area contributed by atoms with Crippen LogP contribution in [-0.4, -0.2) is 18.9 Å². The maximum absolute atomic E-state index is 11.6. The van der Waals surface area contributed by atoms with Crippen molar-refractivity contribution in [1.29, 1.82) is 0 Å². The number of aryl methyl sites for hydroxylation is 1. The highest BCUT2D eigenvalue weighted by atomic mass is 16.7. The second kappa shape index (κ2) is 16.4. The SMILES string of the molecule is CC1C=C(CCCCCCC=CCCCCCCCCCCCc2ccc3c(c2)OCO3)C(=O)O1. The first kappa shape index (κ1) is 27.4. The van der Waals surface area contributed by atoms with Gasteiger partial charge in [-0.25, -0.2) is 4.79 Å². The van der Waals surface area contributed by atoms with Crippen LogP contribution in [-0.2, 0) is 16.0 Å². The summed E-state index contributed by atoms with van der Waals surface area (Å²) in [6, 6.07) is 6.34. The summed E-state index contributed by atoms with van der Waals surface area (Å²) in [7, 11) is 0. The molecule has 0 fully saturated rings. The van der Waals surface area contributed by atoms with Gasteiger partial charge in [0.15, 0.2) is 11.5 Å². The Labute approximate surface area is 213 Å². The molecule has 2 heterocycles. The second-order valence-corrected chi connectivity index (χ2v) is 10.1. The van der Waals surface area contributed by atoms with Gasteiger partial charge in [-0.15, -0.1) is 0 Å². The summed E-state index contributed by atoms with van der Waals surface area (Å²) < 4.78 is 16.0. The molecule has 1 unspecified atom stereocenters. The van der Waals surface area contributed by atoms with Crippen LogP contribution in [0.25, 0.3) is 0 Å². The summed E-state index contributed by atoms with van der Waals surface area (Å²) in [4.78, 5) is 11.6. The summed E-state index contributed by atoms with van der Waals surface area (Å²) in [5, 5.41) is 0. The van der Waals surface area contributed by atoms with E-state index in [1.807, 2.05) is 19.1 Å². The molecule has 194 valence electrons. The van der Waals surface area contributed by atoms with Crippen molar-refractivity contribution in [2.24, 2.45) is 0 Å². The number of unbranched alkanes of at least 4 members (excludes halogenated alkanes) is 13. The average Bonchev–Trinajstić information content (AvgIpc) is 3.45. The maximum atomic E-state index is 11.6. The Kier molecular flexibility index (Phi) is 12.9. The molecule has 1 atom stereocenters. The van der Waals surface area contributed by atoms with E-state index in [9.17, 15) is 4.79 Å². The molecule has 0 amide bonds. The normalized spacial score (nSPS) is 16.8. The molecule has 0 aromatic heterocycles. The highest BCUT2D eigenvalue weighted by Crippen LogP contribution is 2.33. The van der Waals surface area contributed by atoms with E-state index < -0.39 is 0 Å². The number of esters is 1. The first-order valence-electron chi connectivity index (χ1n) is 14.2. The van der Waals surface area contributed by atoms with Crippen LogP contribution in [0.2, 0.25) is 0 Å². The number of benzene rings is 1. The molecule has 3 rings (SSSR count). The van der Waals surface area contributed by atoms with Gasteiger partial charge < -0.3 is 14.2 Å². The lowest BCUT2D eigenvalue weighted by Gasteiger charge is -2.04. The third kappa shape index (κ3) is 10.9. The van der Waals surface area contributed by atoms with Gasteiger partial charge >= 0.3 is 5.97 Å². The number of hydrogen-bond donors (Lipinski definition) is 0. The van der Waals surface area contributed by atoms with E-state index in [2.05, 4.69) is 24.3 Å². The molecule has 0 aliphatic carbocycles. The van der Waals surface area contributed by atoms with Crippen molar-refractivity contribution >= 4 is 5.97 Å². The summed E-state index contributed by atoms with van der Waals surface area (Å²) in [5.41, 5.74) is 2.24. The number of carbonyl (C=O) groups is 1. The number of cyclic esters (lactones) is 1. The molecule has 0 bridgehead atoms. The van der Waals surface area contributed by atoms with Crippen molar-refractivity contribution in [2.45, 2.75) is 122 Å². The van der Waals surface area contributed by atoms with Crippen LogP contribution in [0.4, 0.5) is 0 Å². The summed E-state index contributed by atoms with van der Waals surface area (Å²) in [5.74, 6) is 1.68. The molecule has 0 radical (unpaired) electrons. The Bertz CT molecular complexity index is 810. The van der Waals surface area contributed by atoms with E-state index in [0.29, 0.717) is 6.79 Å². The minimum Gasteiger partial charge on any atom is -0.455 e. The topological polar surface area (TPSA) is 44.8 Å². The van der Waals surface area contributed by atoms with Crippen molar-refractivity contribution in [3.05, 3.63) is 47.6 Å². The van der Waals surface area contributed by atoms with Crippen molar-refractivity contribution in [3.8, 4) is 11.5 Å². The number of fused-ring (bicyclic) bond motifs is 1. The summed E-state index contributed by atoms with van der Waals surface area (Å²) >= 11 is 0. The molecule has 4 nitrogen and oxygen atoms in total. The van der Waals surface area contributed by atoms with Gasteiger partial charge in [0, 0.05) is 5.57 Å². The zero-order chi connectivity index (χ0) is 24.6. The molecular weight excluding hydrogens is 436 g/mol. The zero-order valence-corrected chi connectivity index (χ0v) is 21.9. The van der Waals surface area contributed by atoms with Crippen LogP contribution in [0.5, 0.6) is 11.5 Å². The molecule has 0 saturated heterocycles. The van der Waals surface area contributed by atoms with Crippen LogP contribution in [0.3, 0.4) is 0 Å². The van der Waals surface area contributed by atoms with Gasteiger partial charge in [0.05, 0.1) is 0 Å². The minimum absolute atomic E-state index is 0.0304. The Morgan fingerprint density at radius 1 is 0.743 bits per heavy atom. The van der Waals surface area contributed by atoms with Crippen molar-refractivity contribution in [3.63, 3.8) is 0 Å². The van der Waals surface area contributed by atoms with Crippen molar-refractivity contribution < 1.29 is 19.0 Å². The fourth-order valence-corrected chi connectivity index (χ4v) is 4.91. The molecule has 4 heteroatoms. The van der Waals surface area contributed by atoms with Crippen LogP contribution < -0.4 is 9.47 Å². The van der Waals surface area contributed by atoms with Gasteiger partial charge in [-0.05, 0) is 82.1 Å². The predicted octanol–water partition coefficient (Wildman–Crippen LogP) is 8.63. The molecular formula is C31H46O4. The molecule has 35 heavy (non-hydrogen) atoms. The van der Waals surface area contributed by atoms with E-state index in [1.165, 1.54) is 95.5 Å². The van der Waals surface area contributed by atoms with Crippen LogP contribution >= 0.6 is 0 Å². The molecule has 0 N–H and O–H groups in total. The van der Waals surface area contributed by atoms with Gasteiger partial charge in [-0.2, -0.15) is 0 Å². The van der Waals surface area contributed by atoms with Crippen LogP contribution in [0.1, 0.15) is 115 Å². The Morgan fingerprint density at radius 2 is 1.31 bits per heavy atom. The van der Waals surface area contributed by atoms with Gasteiger partial charge in [0.2, 0.25) is 6.79 Å². The Hall–Kier alpha value is -2.23. The highest BCUT2D eigenvalue weighted by Gasteiger charge is 2.21. The van der Waals surface area contributed by atoms with E-state index in [-0.39, 0.29) is 12.1 Å². The second-order valence-electron chi connectivity index (χ2n) is 10.1. The zero-order valence-electron chi connectivity index (χ0n) is 21.9. The first-order valence-corrected chi connectivity index (χ1v) is 14.2. The van der Waals surface area contributed by atoms with Crippen molar-refractivity contribution in [2.75, 3.05) is 6.79 Å². The molecule has 0 saturated carbocycles. The van der Waals surface area contributed by atoms with E-state index >= 15 is 0 Å². The standard InChI is InChI=1S/C31H46O4/c1-26-23-28(31(32)35-26)20-18-16-14-12-10-8-6-4-2-3-5-7-9-11-13-15-17-19-27-21-22-29-30(24-27)34-25-33-29/h6,8,21-24,26H,2-5,7,9-20,25H2,1H3. The third-order valence-electron chi connectivity index (χ3n) is 7.00. The van der Waals surface area contributed by atoms with Crippen LogP contribution in [0.15, 0.2) is 42.0 Å². The van der Waals surface area contributed by atoms with E-state index in [1.54, 1.807) is 0 Å². The highest BCUT2D eigenvalue weighted by molar-refractivity contribution is 5.90. The molecule has 0 spiro atoms. The fourth-order valence-electron chi connectivity index (χ4n) is 4.91. The largest absolute Gasteiger partial charge is 0.455 e. The molecule has 2 aliphatic heterocycles. The molecule has 2 aliphatic rings. The predicted molar refractivity (Wildman–Crippen MR) is 143 cm³/mol. The third-order valence-corrected chi connectivity index (χ3v) is 7.00. The number of rotatable bonds is 19. The maximum Gasteiger partial charge on any atom is 0.334 e. The van der Waals surface area contributed by atoms with Gasteiger partial charge in [-0.1, -0.05) is 76.0 Å². The quantitative estimate of drug-likeness (QED) is 0.112. The number of carbonyl (C=O) groups excluding carboxylic acids is 1. The minimum atomic E-state index is -0.106. The first-order chi connectivity index (χ1) is 17.2. The average molecular weight is 483 g/mol. The number of allylic oxidation sites excluding steroid dienone is 2. The summed E-state index contributed by atoms with van der Waals surface area (Å²) in [6.07, 6.45) is 28.1. The van der Waals surface area contributed by atoms with Crippen molar-refractivity contribution in [1.82, 2.24) is 0 Å². The lowest BCUT2D eigenvalue weighted by Crippen LogP contribution is -2.03. The lowest BCUT2D eigenvalue weighted by atomic mass is 10.0. The fraction of sp³-hybridized carbons (Fsp3) is 0.645. The monoisotopic (exact) mass is 482 g/mol. The van der Waals surface area contributed by atoms with Gasteiger partial charge in [0.1, 0.15) is 6.10 Å². The van der Waals surface area contributed by atoms with Gasteiger partial charge in [-0.3, -0.25) is 0 Å². The molecule has 1 aromatic carbocycles. The number of hydrogen-bond acceptors (Lipinski definition) is 4. The van der Waals surface area contributed by atoms with Crippen LogP contribution in [0, 0.1) is 0 Å². The van der Waals surface area contributed by atoms with E-state index in [4.69, 9.17) is 14.2 Å². The Morgan fingerprint density at radius 3 is 1.94 bits per heavy atom. The van der Waals surface area contributed by atoms with Gasteiger partial charge in [0.25, 0.3) is 0 Å². The molecule has 1 aromatic rings. The smallest absolute Gasteiger partial charge is 0.334 e. The summed E-state index contributed by atoms with van der Waals surface area (Å²) in [6.45, 7) is 2.28. The Balaban J connectivity index is 1.02.